The molecule has 29 heavy (non-hydrogen) atoms. The van der Waals surface area contributed by atoms with E-state index in [9.17, 15) is 4.79 Å². The molecule has 3 heterocycles. The molecule has 0 spiro atoms. The third-order valence-electron chi connectivity index (χ3n) is 6.14. The standard InChI is InChI=1S/C23H32N4O2/c1-4-6-21-15-29-16-22-14-25(9-10-26(21)22)23(28)20-8-5-7-19(12-20)13-27-18(3)11-17(2)24-27/h5,7-8,11-12,21-22H,4,6,9-10,13-16H2,1-3H3/t21-,22+/m0/s1. The van der Waals surface area contributed by atoms with Gasteiger partial charge in [-0.1, -0.05) is 25.5 Å². The van der Waals surface area contributed by atoms with E-state index < -0.39 is 0 Å². The van der Waals surface area contributed by atoms with Gasteiger partial charge in [-0.05, 0) is 44.0 Å². The Morgan fingerprint density at radius 2 is 2.07 bits per heavy atom. The number of carbonyl (C=O) groups is 1. The highest BCUT2D eigenvalue weighted by atomic mass is 16.5. The molecule has 0 bridgehead atoms. The van der Waals surface area contributed by atoms with Crippen LogP contribution in [0, 0.1) is 13.8 Å². The first kappa shape index (κ1) is 20.1. The fourth-order valence-electron chi connectivity index (χ4n) is 4.69. The number of carbonyl (C=O) groups excluding carboxylic acids is 1. The molecule has 0 radical (unpaired) electrons. The van der Waals surface area contributed by atoms with Gasteiger partial charge in [0, 0.05) is 36.9 Å². The highest BCUT2D eigenvalue weighted by molar-refractivity contribution is 5.94. The number of rotatable bonds is 5. The Hall–Kier alpha value is -2.18. The van der Waals surface area contributed by atoms with E-state index in [1.54, 1.807) is 0 Å². The van der Waals surface area contributed by atoms with Gasteiger partial charge in [-0.3, -0.25) is 14.4 Å². The summed E-state index contributed by atoms with van der Waals surface area (Å²) in [5.74, 6) is 0.123. The summed E-state index contributed by atoms with van der Waals surface area (Å²) < 4.78 is 7.84. The Bertz CT molecular complexity index is 860. The van der Waals surface area contributed by atoms with Gasteiger partial charge in [-0.25, -0.2) is 0 Å². The van der Waals surface area contributed by atoms with E-state index in [4.69, 9.17) is 4.74 Å². The van der Waals surface area contributed by atoms with Crippen LogP contribution in [0.1, 0.15) is 47.1 Å². The number of fused-ring (bicyclic) bond motifs is 1. The zero-order chi connectivity index (χ0) is 20.4. The summed E-state index contributed by atoms with van der Waals surface area (Å²) >= 11 is 0. The fourth-order valence-corrected chi connectivity index (χ4v) is 4.69. The molecule has 2 aromatic rings. The molecule has 2 saturated heterocycles. The number of hydrogen-bond acceptors (Lipinski definition) is 4. The zero-order valence-corrected chi connectivity index (χ0v) is 17.8. The smallest absolute Gasteiger partial charge is 0.253 e. The summed E-state index contributed by atoms with van der Waals surface area (Å²) in [7, 11) is 0. The van der Waals surface area contributed by atoms with Crippen LogP contribution in [0.4, 0.5) is 0 Å². The van der Waals surface area contributed by atoms with Crippen LogP contribution in [-0.2, 0) is 11.3 Å². The van der Waals surface area contributed by atoms with Crippen LogP contribution in [0.5, 0.6) is 0 Å². The van der Waals surface area contributed by atoms with Gasteiger partial charge in [0.1, 0.15) is 0 Å². The molecule has 0 aliphatic carbocycles. The number of amides is 1. The van der Waals surface area contributed by atoms with Crippen LogP contribution in [0.15, 0.2) is 30.3 Å². The number of benzene rings is 1. The van der Waals surface area contributed by atoms with E-state index in [0.29, 0.717) is 18.6 Å². The van der Waals surface area contributed by atoms with Crippen molar-refractivity contribution >= 4 is 5.91 Å². The molecule has 2 fully saturated rings. The summed E-state index contributed by atoms with van der Waals surface area (Å²) in [6.45, 7) is 11.0. The predicted octanol–water partition coefficient (Wildman–Crippen LogP) is 2.87. The van der Waals surface area contributed by atoms with Crippen molar-refractivity contribution in [1.82, 2.24) is 19.6 Å². The van der Waals surface area contributed by atoms with Gasteiger partial charge in [0.05, 0.1) is 31.5 Å². The van der Waals surface area contributed by atoms with Crippen LogP contribution in [-0.4, -0.2) is 70.4 Å². The molecule has 2 atom stereocenters. The van der Waals surface area contributed by atoms with Gasteiger partial charge >= 0.3 is 0 Å². The molecule has 1 aromatic heterocycles. The van der Waals surface area contributed by atoms with Crippen LogP contribution in [0.2, 0.25) is 0 Å². The molecule has 6 nitrogen and oxygen atoms in total. The third kappa shape index (κ3) is 4.38. The van der Waals surface area contributed by atoms with E-state index in [-0.39, 0.29) is 5.91 Å². The van der Waals surface area contributed by atoms with Crippen molar-refractivity contribution in [1.29, 1.82) is 0 Å². The topological polar surface area (TPSA) is 50.6 Å². The lowest BCUT2D eigenvalue weighted by molar-refractivity contribution is -0.0776. The summed E-state index contributed by atoms with van der Waals surface area (Å²) in [4.78, 5) is 17.8. The molecule has 6 heteroatoms. The normalized spacial score (nSPS) is 22.5. The minimum absolute atomic E-state index is 0.123. The van der Waals surface area contributed by atoms with E-state index in [1.807, 2.05) is 34.7 Å². The maximum absolute atomic E-state index is 13.2. The van der Waals surface area contributed by atoms with Gasteiger partial charge < -0.3 is 9.64 Å². The van der Waals surface area contributed by atoms with E-state index in [0.717, 1.165) is 55.4 Å². The van der Waals surface area contributed by atoms with Gasteiger partial charge in [0.2, 0.25) is 0 Å². The summed E-state index contributed by atoms with van der Waals surface area (Å²) in [6.07, 6.45) is 2.33. The summed E-state index contributed by atoms with van der Waals surface area (Å²) in [5.41, 5.74) is 4.02. The highest BCUT2D eigenvalue weighted by Crippen LogP contribution is 2.23. The number of piperazine rings is 1. The first-order valence-electron chi connectivity index (χ1n) is 10.8. The lowest BCUT2D eigenvalue weighted by Crippen LogP contribution is -2.62. The zero-order valence-electron chi connectivity index (χ0n) is 17.8. The Morgan fingerprint density at radius 1 is 1.21 bits per heavy atom. The van der Waals surface area contributed by atoms with Crippen LogP contribution in [0.3, 0.4) is 0 Å². The second-order valence-electron chi connectivity index (χ2n) is 8.41. The lowest BCUT2D eigenvalue weighted by atomic mass is 10.0. The Balaban J connectivity index is 1.44. The molecule has 4 rings (SSSR count). The van der Waals surface area contributed by atoms with Gasteiger partial charge in [-0.15, -0.1) is 0 Å². The van der Waals surface area contributed by atoms with Gasteiger partial charge in [-0.2, -0.15) is 5.10 Å². The van der Waals surface area contributed by atoms with Gasteiger partial charge in [0.25, 0.3) is 5.91 Å². The molecular weight excluding hydrogens is 364 g/mol. The monoisotopic (exact) mass is 396 g/mol. The number of nitrogens with zero attached hydrogens (tertiary/aromatic N) is 4. The van der Waals surface area contributed by atoms with Crippen molar-refractivity contribution in [2.75, 3.05) is 32.8 Å². The number of morpholine rings is 1. The molecule has 2 aliphatic heterocycles. The predicted molar refractivity (Wildman–Crippen MR) is 113 cm³/mol. The molecular formula is C23H32N4O2. The first-order valence-corrected chi connectivity index (χ1v) is 10.8. The number of hydrogen-bond donors (Lipinski definition) is 0. The minimum atomic E-state index is 0.123. The number of ether oxygens (including phenoxy) is 1. The van der Waals surface area contributed by atoms with Crippen LogP contribution >= 0.6 is 0 Å². The van der Waals surface area contributed by atoms with E-state index in [1.165, 1.54) is 12.8 Å². The lowest BCUT2D eigenvalue weighted by Gasteiger charge is -2.48. The molecule has 156 valence electrons. The Kier molecular flexibility index (Phi) is 6.01. The Morgan fingerprint density at radius 3 is 2.83 bits per heavy atom. The third-order valence-corrected chi connectivity index (χ3v) is 6.14. The van der Waals surface area contributed by atoms with E-state index >= 15 is 0 Å². The summed E-state index contributed by atoms with van der Waals surface area (Å²) in [6, 6.07) is 10.9. The van der Waals surface area contributed by atoms with Crippen molar-refractivity contribution in [3.05, 3.63) is 52.8 Å². The number of aryl methyl sites for hydroxylation is 2. The van der Waals surface area contributed by atoms with Crippen molar-refractivity contribution in [2.45, 2.75) is 52.2 Å². The van der Waals surface area contributed by atoms with Crippen molar-refractivity contribution in [3.63, 3.8) is 0 Å². The molecule has 0 N–H and O–H groups in total. The van der Waals surface area contributed by atoms with Gasteiger partial charge in [0.15, 0.2) is 0 Å². The fraction of sp³-hybridized carbons (Fsp3) is 0.565. The average Bonchev–Trinajstić information content (AvgIpc) is 3.04. The van der Waals surface area contributed by atoms with E-state index in [2.05, 4.69) is 36.0 Å². The summed E-state index contributed by atoms with van der Waals surface area (Å²) in [5, 5.41) is 4.54. The molecule has 0 saturated carbocycles. The Labute approximate surface area is 173 Å². The second kappa shape index (κ2) is 8.67. The average molecular weight is 397 g/mol. The minimum Gasteiger partial charge on any atom is -0.378 e. The number of aromatic nitrogens is 2. The maximum Gasteiger partial charge on any atom is 0.253 e. The SMILES string of the molecule is CCC[C@H]1COC[C@H]2CN(C(=O)c3cccc(Cn4nc(C)cc4C)c3)CCN12. The highest BCUT2D eigenvalue weighted by Gasteiger charge is 2.36. The van der Waals surface area contributed by atoms with Crippen molar-refractivity contribution < 1.29 is 9.53 Å². The van der Waals surface area contributed by atoms with Crippen molar-refractivity contribution in [3.8, 4) is 0 Å². The molecule has 0 unspecified atom stereocenters. The molecule has 1 amide bonds. The maximum atomic E-state index is 13.2. The quantitative estimate of drug-likeness (QED) is 0.780. The van der Waals surface area contributed by atoms with Crippen LogP contribution in [0.25, 0.3) is 0 Å². The first-order chi connectivity index (χ1) is 14.0. The largest absolute Gasteiger partial charge is 0.378 e. The van der Waals surface area contributed by atoms with Crippen LogP contribution < -0.4 is 0 Å². The molecule has 1 aromatic carbocycles. The molecule has 2 aliphatic rings. The van der Waals surface area contributed by atoms with Crippen molar-refractivity contribution in [2.24, 2.45) is 0 Å². The second-order valence-corrected chi connectivity index (χ2v) is 8.41.